The van der Waals surface area contributed by atoms with Gasteiger partial charge in [-0.05, 0) is 51.8 Å². The van der Waals surface area contributed by atoms with Gasteiger partial charge in [-0.3, -0.25) is 9.69 Å². The molecule has 1 saturated heterocycles. The van der Waals surface area contributed by atoms with Crippen LogP contribution in [0.3, 0.4) is 0 Å². The molecule has 2 N–H and O–H groups in total. The Bertz CT molecular complexity index is 1160. The zero-order chi connectivity index (χ0) is 24.5. The monoisotopic (exact) mass is 467 g/mol. The summed E-state index contributed by atoms with van der Waals surface area (Å²) in [4.78, 5) is 27.7. The van der Waals surface area contributed by atoms with Crippen LogP contribution in [0, 0.1) is 5.92 Å². The third-order valence-electron chi connectivity index (χ3n) is 6.37. The molecule has 0 radical (unpaired) electrons. The van der Waals surface area contributed by atoms with Gasteiger partial charge in [0.2, 0.25) is 5.75 Å². The maximum absolute atomic E-state index is 13.0. The highest BCUT2D eigenvalue weighted by Crippen LogP contribution is 2.41. The van der Waals surface area contributed by atoms with E-state index < -0.39 is 0 Å². The molecule has 1 amide bonds. The SMILES string of the molecule is COc1cc(-c2cnc3[nH]cc(C(=O)NCC4CCN(C(C)(C)C)C4)c3n2)cc(OC)c1OC. The molecule has 2 aromatic heterocycles. The number of nitrogens with one attached hydrogen (secondary N) is 2. The third kappa shape index (κ3) is 4.65. The quantitative estimate of drug-likeness (QED) is 0.548. The summed E-state index contributed by atoms with van der Waals surface area (Å²) in [5, 5.41) is 3.09. The average molecular weight is 468 g/mol. The van der Waals surface area contributed by atoms with Crippen LogP contribution < -0.4 is 19.5 Å². The van der Waals surface area contributed by atoms with Gasteiger partial charge in [0.25, 0.3) is 5.91 Å². The van der Waals surface area contributed by atoms with Gasteiger partial charge in [-0.2, -0.15) is 0 Å². The van der Waals surface area contributed by atoms with Crippen LogP contribution in [0.4, 0.5) is 0 Å². The molecule has 9 heteroatoms. The van der Waals surface area contributed by atoms with Crippen molar-refractivity contribution in [3.05, 3.63) is 30.1 Å². The van der Waals surface area contributed by atoms with Crippen LogP contribution in [0.1, 0.15) is 37.6 Å². The number of aromatic amines is 1. The first-order valence-corrected chi connectivity index (χ1v) is 11.4. The molecule has 0 saturated carbocycles. The lowest BCUT2D eigenvalue weighted by Gasteiger charge is -2.31. The molecule has 3 heterocycles. The summed E-state index contributed by atoms with van der Waals surface area (Å²) < 4.78 is 16.3. The maximum Gasteiger partial charge on any atom is 0.255 e. The van der Waals surface area contributed by atoms with E-state index in [1.807, 2.05) is 12.1 Å². The molecule has 1 unspecified atom stereocenters. The molecule has 1 aliphatic rings. The van der Waals surface area contributed by atoms with Crippen LogP contribution >= 0.6 is 0 Å². The zero-order valence-electron chi connectivity index (χ0n) is 20.7. The van der Waals surface area contributed by atoms with Gasteiger partial charge in [-0.1, -0.05) is 0 Å². The van der Waals surface area contributed by atoms with Crippen LogP contribution in [0.2, 0.25) is 0 Å². The molecule has 0 aliphatic carbocycles. The van der Waals surface area contributed by atoms with Crippen molar-refractivity contribution >= 4 is 17.1 Å². The van der Waals surface area contributed by atoms with E-state index in [2.05, 4.69) is 41.0 Å². The Hall–Kier alpha value is -3.33. The van der Waals surface area contributed by atoms with E-state index >= 15 is 0 Å². The Labute approximate surface area is 199 Å². The Kier molecular flexibility index (Phi) is 6.65. The lowest BCUT2D eigenvalue weighted by molar-refractivity contribution is 0.0947. The predicted octanol–water partition coefficient (Wildman–Crippen LogP) is 3.50. The first-order valence-electron chi connectivity index (χ1n) is 11.4. The van der Waals surface area contributed by atoms with Gasteiger partial charge in [-0.25, -0.2) is 9.97 Å². The molecular weight excluding hydrogens is 434 g/mol. The molecule has 4 rings (SSSR count). The smallest absolute Gasteiger partial charge is 0.255 e. The number of fused-ring (bicyclic) bond motifs is 1. The standard InChI is InChI=1S/C25H33N5O4/c1-25(2,3)30-8-7-15(14-30)11-28-24(31)17-12-26-23-21(17)29-18(13-27-23)16-9-19(32-4)22(34-6)20(10-16)33-5/h9-10,12-13,15H,7-8,11,14H2,1-6H3,(H,26,27)(H,28,31). The van der Waals surface area contributed by atoms with Crippen LogP contribution in [-0.2, 0) is 0 Å². The molecule has 1 atom stereocenters. The topological polar surface area (TPSA) is 102 Å². The Morgan fingerprint density at radius 2 is 1.88 bits per heavy atom. The number of carbonyl (C=O) groups excluding carboxylic acids is 1. The molecule has 34 heavy (non-hydrogen) atoms. The molecule has 3 aromatic rings. The summed E-state index contributed by atoms with van der Waals surface area (Å²) in [5.41, 5.74) is 3.03. The molecule has 1 fully saturated rings. The van der Waals surface area contributed by atoms with Gasteiger partial charge >= 0.3 is 0 Å². The summed E-state index contributed by atoms with van der Waals surface area (Å²) in [6, 6.07) is 3.62. The number of aromatic nitrogens is 3. The van der Waals surface area contributed by atoms with E-state index in [-0.39, 0.29) is 11.4 Å². The van der Waals surface area contributed by atoms with Crippen molar-refractivity contribution in [2.24, 2.45) is 5.92 Å². The third-order valence-corrected chi connectivity index (χ3v) is 6.37. The van der Waals surface area contributed by atoms with Gasteiger partial charge in [0.1, 0.15) is 5.52 Å². The van der Waals surface area contributed by atoms with Crippen LogP contribution in [0.25, 0.3) is 22.4 Å². The van der Waals surface area contributed by atoms with E-state index in [4.69, 9.17) is 19.2 Å². The van der Waals surface area contributed by atoms with Gasteiger partial charge in [0.15, 0.2) is 17.1 Å². The highest BCUT2D eigenvalue weighted by Gasteiger charge is 2.30. The lowest BCUT2D eigenvalue weighted by atomic mass is 10.1. The van der Waals surface area contributed by atoms with Gasteiger partial charge in [-0.15, -0.1) is 0 Å². The van der Waals surface area contributed by atoms with Crippen molar-refractivity contribution in [2.45, 2.75) is 32.7 Å². The normalized spacial score (nSPS) is 16.6. The van der Waals surface area contributed by atoms with E-state index in [1.54, 1.807) is 33.7 Å². The Balaban J connectivity index is 1.56. The Morgan fingerprint density at radius 1 is 1.18 bits per heavy atom. The zero-order valence-corrected chi connectivity index (χ0v) is 20.7. The second-order valence-corrected chi connectivity index (χ2v) is 9.55. The second-order valence-electron chi connectivity index (χ2n) is 9.55. The molecular formula is C25H33N5O4. The van der Waals surface area contributed by atoms with Gasteiger partial charge < -0.3 is 24.5 Å². The number of nitrogens with zero attached hydrogens (tertiary/aromatic N) is 3. The summed E-state index contributed by atoms with van der Waals surface area (Å²) in [6.45, 7) is 9.36. The molecule has 1 aliphatic heterocycles. The number of likely N-dealkylation sites (tertiary alicyclic amines) is 1. The Morgan fingerprint density at radius 3 is 2.47 bits per heavy atom. The summed E-state index contributed by atoms with van der Waals surface area (Å²) in [5.74, 6) is 1.82. The average Bonchev–Trinajstić information content (AvgIpc) is 3.48. The van der Waals surface area contributed by atoms with E-state index in [1.165, 1.54) is 0 Å². The summed E-state index contributed by atoms with van der Waals surface area (Å²) >= 11 is 0. The number of benzene rings is 1. The highest BCUT2D eigenvalue weighted by atomic mass is 16.5. The number of hydrogen-bond acceptors (Lipinski definition) is 7. The van der Waals surface area contributed by atoms with E-state index in [0.717, 1.165) is 25.1 Å². The minimum absolute atomic E-state index is 0.147. The minimum Gasteiger partial charge on any atom is -0.493 e. The second kappa shape index (κ2) is 9.50. The van der Waals surface area contributed by atoms with Crippen molar-refractivity contribution in [2.75, 3.05) is 41.0 Å². The van der Waals surface area contributed by atoms with Crippen molar-refractivity contribution < 1.29 is 19.0 Å². The van der Waals surface area contributed by atoms with E-state index in [0.29, 0.717) is 52.1 Å². The molecule has 182 valence electrons. The van der Waals surface area contributed by atoms with Gasteiger partial charge in [0.05, 0.1) is 38.8 Å². The largest absolute Gasteiger partial charge is 0.493 e. The van der Waals surface area contributed by atoms with Crippen molar-refractivity contribution in [1.82, 2.24) is 25.2 Å². The molecule has 9 nitrogen and oxygen atoms in total. The fourth-order valence-electron chi connectivity index (χ4n) is 4.37. The number of amides is 1. The summed E-state index contributed by atoms with van der Waals surface area (Å²) in [6.07, 6.45) is 4.40. The fraction of sp³-hybridized carbons (Fsp3) is 0.480. The van der Waals surface area contributed by atoms with Crippen molar-refractivity contribution in [3.8, 4) is 28.5 Å². The van der Waals surface area contributed by atoms with Crippen molar-refractivity contribution in [1.29, 1.82) is 0 Å². The predicted molar refractivity (Wildman–Crippen MR) is 131 cm³/mol. The van der Waals surface area contributed by atoms with Crippen LogP contribution in [-0.4, -0.2) is 72.3 Å². The van der Waals surface area contributed by atoms with Crippen molar-refractivity contribution in [3.63, 3.8) is 0 Å². The molecule has 0 bridgehead atoms. The minimum atomic E-state index is -0.156. The fourth-order valence-corrected chi connectivity index (χ4v) is 4.37. The van der Waals surface area contributed by atoms with E-state index in [9.17, 15) is 4.79 Å². The number of rotatable bonds is 7. The maximum atomic E-state index is 13.0. The number of H-pyrrole nitrogens is 1. The first-order chi connectivity index (χ1) is 16.2. The number of methoxy groups -OCH3 is 3. The van der Waals surface area contributed by atoms with Crippen LogP contribution in [0.5, 0.6) is 17.2 Å². The first kappa shape index (κ1) is 23.8. The molecule has 1 aromatic carbocycles. The highest BCUT2D eigenvalue weighted by molar-refractivity contribution is 6.04. The number of ether oxygens (including phenoxy) is 3. The lowest BCUT2D eigenvalue weighted by Crippen LogP contribution is -2.40. The number of carbonyl (C=O) groups is 1. The van der Waals surface area contributed by atoms with Crippen LogP contribution in [0.15, 0.2) is 24.5 Å². The molecule has 0 spiro atoms. The van der Waals surface area contributed by atoms with Gasteiger partial charge in [0, 0.05) is 30.4 Å². The number of hydrogen-bond donors (Lipinski definition) is 2. The summed E-state index contributed by atoms with van der Waals surface area (Å²) in [7, 11) is 4.69.